The van der Waals surface area contributed by atoms with E-state index in [1.807, 2.05) is 24.3 Å². The molecule has 24 heavy (non-hydrogen) atoms. The van der Waals surface area contributed by atoms with E-state index in [9.17, 15) is 4.79 Å². The molecule has 3 heterocycles. The minimum atomic E-state index is 0.196. The van der Waals surface area contributed by atoms with Gasteiger partial charge in [-0.2, -0.15) is 0 Å². The van der Waals surface area contributed by atoms with Crippen LogP contribution in [0.1, 0.15) is 39.3 Å². The summed E-state index contributed by atoms with van der Waals surface area (Å²) in [5.41, 5.74) is 1.30. The highest BCUT2D eigenvalue weighted by atomic mass is 32.1. The van der Waals surface area contributed by atoms with Gasteiger partial charge in [0.25, 0.3) is 5.91 Å². The number of carbonyl (C=O) groups is 1. The van der Waals surface area contributed by atoms with Crippen LogP contribution in [0.15, 0.2) is 18.5 Å². The average molecular weight is 347 g/mol. The van der Waals surface area contributed by atoms with Crippen LogP contribution in [-0.2, 0) is 20.0 Å². The van der Waals surface area contributed by atoms with Crippen molar-refractivity contribution in [3.05, 3.63) is 39.6 Å². The molecule has 0 saturated carbocycles. The molecule has 5 nitrogen and oxygen atoms in total. The monoisotopic (exact) mass is 346 g/mol. The minimum Gasteiger partial charge on any atom is -0.337 e. The SMILES string of the molecule is CCc1cc(C(=O)N2CCCN(Cc3nccn3C)CC2)sc1C. The first-order valence-electron chi connectivity index (χ1n) is 8.65. The number of hydrogen-bond donors (Lipinski definition) is 0. The zero-order valence-electron chi connectivity index (χ0n) is 14.8. The summed E-state index contributed by atoms with van der Waals surface area (Å²) in [7, 11) is 2.03. The Morgan fingerprint density at radius 3 is 2.79 bits per heavy atom. The maximum atomic E-state index is 12.8. The Balaban J connectivity index is 1.62. The number of rotatable bonds is 4. The van der Waals surface area contributed by atoms with Crippen LogP contribution in [0.5, 0.6) is 0 Å². The van der Waals surface area contributed by atoms with Gasteiger partial charge in [-0.15, -0.1) is 11.3 Å². The lowest BCUT2D eigenvalue weighted by Gasteiger charge is -2.21. The van der Waals surface area contributed by atoms with E-state index in [1.54, 1.807) is 11.3 Å². The summed E-state index contributed by atoms with van der Waals surface area (Å²) in [6.07, 6.45) is 5.83. The van der Waals surface area contributed by atoms with E-state index in [0.29, 0.717) is 0 Å². The van der Waals surface area contributed by atoms with Crippen LogP contribution in [0.25, 0.3) is 0 Å². The molecule has 1 amide bonds. The normalized spacial score (nSPS) is 16.4. The van der Waals surface area contributed by atoms with E-state index < -0.39 is 0 Å². The Kier molecular flexibility index (Phi) is 5.36. The van der Waals surface area contributed by atoms with Gasteiger partial charge >= 0.3 is 0 Å². The third-order valence-electron chi connectivity index (χ3n) is 4.77. The van der Waals surface area contributed by atoms with Gasteiger partial charge in [-0.1, -0.05) is 6.92 Å². The molecule has 1 saturated heterocycles. The molecular weight excluding hydrogens is 320 g/mol. The molecule has 0 bridgehead atoms. The maximum Gasteiger partial charge on any atom is 0.263 e. The number of imidazole rings is 1. The first-order chi connectivity index (χ1) is 11.6. The molecule has 6 heteroatoms. The molecule has 1 aliphatic heterocycles. The number of hydrogen-bond acceptors (Lipinski definition) is 4. The predicted molar refractivity (Wildman–Crippen MR) is 97.4 cm³/mol. The summed E-state index contributed by atoms with van der Waals surface area (Å²) in [5.74, 6) is 1.28. The molecule has 0 spiro atoms. The average Bonchev–Trinajstić information content (AvgIpc) is 3.06. The largest absolute Gasteiger partial charge is 0.337 e. The zero-order valence-corrected chi connectivity index (χ0v) is 15.6. The fourth-order valence-electron chi connectivity index (χ4n) is 3.21. The van der Waals surface area contributed by atoms with Crippen LogP contribution >= 0.6 is 11.3 Å². The predicted octanol–water partition coefficient (Wildman–Crippen LogP) is 2.70. The van der Waals surface area contributed by atoms with Gasteiger partial charge in [-0.05, 0) is 31.4 Å². The highest BCUT2D eigenvalue weighted by molar-refractivity contribution is 7.14. The van der Waals surface area contributed by atoms with E-state index in [1.165, 1.54) is 10.4 Å². The Morgan fingerprint density at radius 2 is 2.12 bits per heavy atom. The van der Waals surface area contributed by atoms with Crippen LogP contribution in [0.3, 0.4) is 0 Å². The molecule has 3 rings (SSSR count). The quantitative estimate of drug-likeness (QED) is 0.855. The van der Waals surface area contributed by atoms with Crippen LogP contribution in [0, 0.1) is 6.92 Å². The van der Waals surface area contributed by atoms with Crippen molar-refractivity contribution < 1.29 is 4.79 Å². The lowest BCUT2D eigenvalue weighted by atomic mass is 10.2. The number of amides is 1. The van der Waals surface area contributed by atoms with E-state index in [0.717, 1.165) is 56.3 Å². The Hall–Kier alpha value is -1.66. The lowest BCUT2D eigenvalue weighted by molar-refractivity contribution is 0.0765. The van der Waals surface area contributed by atoms with Crippen molar-refractivity contribution in [1.82, 2.24) is 19.4 Å². The number of nitrogens with zero attached hydrogens (tertiary/aromatic N) is 4. The van der Waals surface area contributed by atoms with Gasteiger partial charge in [0.05, 0.1) is 11.4 Å². The van der Waals surface area contributed by atoms with Gasteiger partial charge in [0, 0.05) is 50.5 Å². The molecule has 0 aromatic carbocycles. The van der Waals surface area contributed by atoms with E-state index in [-0.39, 0.29) is 5.91 Å². The van der Waals surface area contributed by atoms with Crippen molar-refractivity contribution in [2.24, 2.45) is 7.05 Å². The molecule has 2 aromatic heterocycles. The number of aryl methyl sites for hydroxylation is 3. The number of aromatic nitrogens is 2. The second-order valence-corrected chi connectivity index (χ2v) is 7.68. The summed E-state index contributed by atoms with van der Waals surface area (Å²) in [6, 6.07) is 2.08. The molecular formula is C18H26N4OS. The van der Waals surface area contributed by atoms with Crippen molar-refractivity contribution in [1.29, 1.82) is 0 Å². The van der Waals surface area contributed by atoms with Crippen molar-refractivity contribution >= 4 is 17.2 Å². The van der Waals surface area contributed by atoms with E-state index in [4.69, 9.17) is 0 Å². The zero-order chi connectivity index (χ0) is 17.1. The summed E-state index contributed by atoms with van der Waals surface area (Å²) < 4.78 is 2.06. The standard InChI is InChI=1S/C18H26N4OS/c1-4-15-12-16(24-14(15)2)18(23)22-8-5-7-21(10-11-22)13-17-19-6-9-20(17)3/h6,9,12H,4-5,7-8,10-11,13H2,1-3H3. The molecule has 0 atom stereocenters. The van der Waals surface area contributed by atoms with Crippen molar-refractivity contribution in [2.45, 2.75) is 33.2 Å². The molecule has 1 aliphatic rings. The van der Waals surface area contributed by atoms with Crippen LogP contribution in [-0.4, -0.2) is 51.4 Å². The summed E-state index contributed by atoms with van der Waals surface area (Å²) >= 11 is 1.64. The second kappa shape index (κ2) is 7.49. The van der Waals surface area contributed by atoms with E-state index in [2.05, 4.69) is 34.4 Å². The first-order valence-corrected chi connectivity index (χ1v) is 9.47. The third-order valence-corrected chi connectivity index (χ3v) is 5.85. The minimum absolute atomic E-state index is 0.196. The molecule has 130 valence electrons. The molecule has 0 N–H and O–H groups in total. The van der Waals surface area contributed by atoms with E-state index >= 15 is 0 Å². The van der Waals surface area contributed by atoms with Gasteiger partial charge in [0.15, 0.2) is 0 Å². The highest BCUT2D eigenvalue weighted by Crippen LogP contribution is 2.24. The summed E-state index contributed by atoms with van der Waals surface area (Å²) in [5, 5.41) is 0. The third kappa shape index (κ3) is 3.70. The highest BCUT2D eigenvalue weighted by Gasteiger charge is 2.22. The molecule has 0 aliphatic carbocycles. The second-order valence-electron chi connectivity index (χ2n) is 6.42. The summed E-state index contributed by atoms with van der Waals surface area (Å²) in [4.78, 5) is 23.8. The first kappa shape index (κ1) is 17.2. The van der Waals surface area contributed by atoms with Crippen molar-refractivity contribution in [2.75, 3.05) is 26.2 Å². The van der Waals surface area contributed by atoms with Crippen molar-refractivity contribution in [3.63, 3.8) is 0 Å². The van der Waals surface area contributed by atoms with Gasteiger partial charge in [-0.25, -0.2) is 4.98 Å². The maximum absolute atomic E-state index is 12.8. The molecule has 2 aromatic rings. The van der Waals surface area contributed by atoms with Gasteiger partial charge in [0.2, 0.25) is 0 Å². The van der Waals surface area contributed by atoms with Gasteiger partial charge in [0.1, 0.15) is 5.82 Å². The van der Waals surface area contributed by atoms with Gasteiger partial charge < -0.3 is 9.47 Å². The number of thiophene rings is 1. The lowest BCUT2D eigenvalue weighted by Crippen LogP contribution is -2.35. The fraction of sp³-hybridized carbons (Fsp3) is 0.556. The topological polar surface area (TPSA) is 41.4 Å². The van der Waals surface area contributed by atoms with Gasteiger partial charge in [-0.3, -0.25) is 9.69 Å². The molecule has 0 unspecified atom stereocenters. The Labute approximate surface area is 147 Å². The smallest absolute Gasteiger partial charge is 0.263 e. The molecule has 0 radical (unpaired) electrons. The molecule has 1 fully saturated rings. The number of carbonyl (C=O) groups excluding carboxylic acids is 1. The Bertz CT molecular complexity index is 706. The Morgan fingerprint density at radius 1 is 1.29 bits per heavy atom. The summed E-state index contributed by atoms with van der Waals surface area (Å²) in [6.45, 7) is 8.66. The van der Waals surface area contributed by atoms with Crippen LogP contribution in [0.2, 0.25) is 0 Å². The van der Waals surface area contributed by atoms with Crippen molar-refractivity contribution in [3.8, 4) is 0 Å². The fourth-order valence-corrected chi connectivity index (χ4v) is 4.29. The van der Waals surface area contributed by atoms with Crippen LogP contribution in [0.4, 0.5) is 0 Å². The van der Waals surface area contributed by atoms with Crippen LogP contribution < -0.4 is 0 Å².